The Hall–Kier alpha value is -0.570. The molecular weight excluding hydrogens is 80.0 g/mol. The molecule has 0 unspecified atom stereocenters. The van der Waals surface area contributed by atoms with Crippen LogP contribution < -0.4 is 10.9 Å². The summed E-state index contributed by atoms with van der Waals surface area (Å²) in [4.78, 5) is 10.0. The fourth-order valence-electron chi connectivity index (χ4n) is 0.326. The topological polar surface area (TPSA) is 41.1 Å². The highest BCUT2D eigenvalue weighted by Gasteiger charge is 2.05. The van der Waals surface area contributed by atoms with Crippen molar-refractivity contribution in [2.75, 3.05) is 0 Å². The average Bonchev–Trinajstić information content (AvgIpc) is 1.86. The molecule has 1 rings (SSSR count). The van der Waals surface area contributed by atoms with Gasteiger partial charge in [0.15, 0.2) is 0 Å². The summed E-state index contributed by atoms with van der Waals surface area (Å²) in [5, 5.41) is 0. The van der Waals surface area contributed by atoms with Crippen molar-refractivity contribution in [3.8, 4) is 0 Å². The van der Waals surface area contributed by atoms with Gasteiger partial charge in [0.2, 0.25) is 5.91 Å². The molecule has 3 nitrogen and oxygen atoms in total. The SMILES string of the molecule is O=C1C[CH]NN1. The summed E-state index contributed by atoms with van der Waals surface area (Å²) in [5.74, 6) is 0.0370. The lowest BCUT2D eigenvalue weighted by Gasteiger charge is -1.82. The highest BCUT2D eigenvalue weighted by Crippen LogP contribution is 1.85. The molecule has 33 valence electrons. The van der Waals surface area contributed by atoms with Gasteiger partial charge in [-0.2, -0.15) is 0 Å². The summed E-state index contributed by atoms with van der Waals surface area (Å²) in [6, 6.07) is 0. The Bertz CT molecular complexity index is 63.2. The van der Waals surface area contributed by atoms with Gasteiger partial charge in [0.05, 0.1) is 6.54 Å². The Balaban J connectivity index is 2.37. The molecular formula is C3H5N2O. The van der Waals surface area contributed by atoms with Crippen molar-refractivity contribution in [2.45, 2.75) is 6.42 Å². The Morgan fingerprint density at radius 2 is 2.67 bits per heavy atom. The highest BCUT2D eigenvalue weighted by molar-refractivity contribution is 5.78. The molecule has 1 heterocycles. The monoisotopic (exact) mass is 85.0 g/mol. The molecule has 1 amide bonds. The molecule has 0 spiro atoms. The zero-order valence-corrected chi connectivity index (χ0v) is 3.19. The van der Waals surface area contributed by atoms with Crippen molar-refractivity contribution in [3.63, 3.8) is 0 Å². The number of amides is 1. The standard InChI is InChI=1S/C3H5N2O/c6-3-1-2-4-5-3/h2,4H,1H2,(H,5,6). The zero-order valence-electron chi connectivity index (χ0n) is 3.19. The molecule has 0 aliphatic carbocycles. The fourth-order valence-corrected chi connectivity index (χ4v) is 0.326. The molecule has 1 fully saturated rings. The molecule has 1 aliphatic rings. The second-order valence-electron chi connectivity index (χ2n) is 1.10. The second-order valence-corrected chi connectivity index (χ2v) is 1.10. The molecule has 2 N–H and O–H groups in total. The number of hydrogen-bond donors (Lipinski definition) is 2. The van der Waals surface area contributed by atoms with Gasteiger partial charge in [-0.15, -0.1) is 0 Å². The molecule has 1 aliphatic heterocycles. The minimum absolute atomic E-state index is 0.0370. The molecule has 0 aromatic heterocycles. The number of rotatable bonds is 0. The van der Waals surface area contributed by atoms with Gasteiger partial charge in [-0.3, -0.25) is 10.2 Å². The van der Waals surface area contributed by atoms with Crippen LogP contribution in [0.15, 0.2) is 0 Å². The minimum Gasteiger partial charge on any atom is -0.291 e. The maximum Gasteiger partial charge on any atom is 0.235 e. The van der Waals surface area contributed by atoms with Gasteiger partial charge < -0.3 is 0 Å². The average molecular weight is 85.1 g/mol. The van der Waals surface area contributed by atoms with Gasteiger partial charge in [-0.1, -0.05) is 0 Å². The van der Waals surface area contributed by atoms with Crippen LogP contribution in [-0.4, -0.2) is 5.91 Å². The van der Waals surface area contributed by atoms with Crippen molar-refractivity contribution < 1.29 is 4.79 Å². The van der Waals surface area contributed by atoms with E-state index < -0.39 is 0 Å². The van der Waals surface area contributed by atoms with Crippen molar-refractivity contribution >= 4 is 5.91 Å². The van der Waals surface area contributed by atoms with E-state index in [1.807, 2.05) is 0 Å². The van der Waals surface area contributed by atoms with E-state index in [4.69, 9.17) is 0 Å². The number of hydrogen-bond acceptors (Lipinski definition) is 2. The first-order chi connectivity index (χ1) is 2.89. The Morgan fingerprint density at radius 3 is 2.83 bits per heavy atom. The smallest absolute Gasteiger partial charge is 0.235 e. The summed E-state index contributed by atoms with van der Waals surface area (Å²) in [6.45, 7) is 1.67. The van der Waals surface area contributed by atoms with Gasteiger partial charge in [0.1, 0.15) is 0 Å². The molecule has 1 radical (unpaired) electrons. The van der Waals surface area contributed by atoms with Gasteiger partial charge >= 0.3 is 0 Å². The van der Waals surface area contributed by atoms with Gasteiger partial charge in [-0.05, 0) is 0 Å². The van der Waals surface area contributed by atoms with Crippen molar-refractivity contribution in [1.82, 2.24) is 10.9 Å². The van der Waals surface area contributed by atoms with Crippen molar-refractivity contribution in [1.29, 1.82) is 0 Å². The van der Waals surface area contributed by atoms with E-state index in [0.717, 1.165) is 0 Å². The predicted octanol–water partition coefficient (Wildman–Crippen LogP) is -0.827. The lowest BCUT2D eigenvalue weighted by Crippen LogP contribution is -2.23. The van der Waals surface area contributed by atoms with Crippen molar-refractivity contribution in [2.24, 2.45) is 0 Å². The maximum atomic E-state index is 10.0. The third-order valence-electron chi connectivity index (χ3n) is 0.601. The molecule has 0 atom stereocenters. The lowest BCUT2D eigenvalue weighted by molar-refractivity contribution is -0.119. The van der Waals surface area contributed by atoms with E-state index >= 15 is 0 Å². The van der Waals surface area contributed by atoms with Crippen LogP contribution >= 0.6 is 0 Å². The zero-order chi connectivity index (χ0) is 4.41. The van der Waals surface area contributed by atoms with E-state index in [1.165, 1.54) is 0 Å². The molecule has 0 aromatic rings. The van der Waals surface area contributed by atoms with Crippen LogP contribution in [-0.2, 0) is 4.79 Å². The van der Waals surface area contributed by atoms with Gasteiger partial charge in [0, 0.05) is 6.42 Å². The number of hydrazine groups is 1. The lowest BCUT2D eigenvalue weighted by atomic mass is 10.5. The maximum absolute atomic E-state index is 10.0. The Labute approximate surface area is 35.7 Å². The summed E-state index contributed by atoms with van der Waals surface area (Å²) in [7, 11) is 0. The summed E-state index contributed by atoms with van der Waals surface area (Å²) in [6.07, 6.45) is 0.500. The van der Waals surface area contributed by atoms with Crippen LogP contribution in [0.4, 0.5) is 0 Å². The third-order valence-corrected chi connectivity index (χ3v) is 0.601. The molecule has 0 aromatic carbocycles. The molecule has 1 saturated heterocycles. The minimum atomic E-state index is 0.0370. The first-order valence-electron chi connectivity index (χ1n) is 1.75. The molecule has 0 bridgehead atoms. The van der Waals surface area contributed by atoms with Gasteiger partial charge in [-0.25, -0.2) is 5.43 Å². The quantitative estimate of drug-likeness (QED) is 0.403. The van der Waals surface area contributed by atoms with E-state index in [1.54, 1.807) is 6.54 Å². The fraction of sp³-hybridized carbons (Fsp3) is 0.333. The number of carbonyl (C=O) groups is 1. The van der Waals surface area contributed by atoms with Gasteiger partial charge in [0.25, 0.3) is 0 Å². The van der Waals surface area contributed by atoms with Crippen molar-refractivity contribution in [3.05, 3.63) is 6.54 Å². The Kier molecular flexibility index (Phi) is 0.759. The number of nitrogens with one attached hydrogen (secondary N) is 2. The molecule has 6 heavy (non-hydrogen) atoms. The first-order valence-corrected chi connectivity index (χ1v) is 1.75. The number of carbonyl (C=O) groups excluding carboxylic acids is 1. The van der Waals surface area contributed by atoms with Crippen LogP contribution in [0.3, 0.4) is 0 Å². The largest absolute Gasteiger partial charge is 0.291 e. The van der Waals surface area contributed by atoms with Crippen LogP contribution in [0.5, 0.6) is 0 Å². The summed E-state index contributed by atoms with van der Waals surface area (Å²) in [5.41, 5.74) is 4.92. The summed E-state index contributed by atoms with van der Waals surface area (Å²) >= 11 is 0. The van der Waals surface area contributed by atoms with E-state index in [9.17, 15) is 4.79 Å². The normalized spacial score (nSPS) is 21.0. The highest BCUT2D eigenvalue weighted by atomic mass is 16.2. The van der Waals surface area contributed by atoms with Crippen LogP contribution in [0, 0.1) is 6.54 Å². The third kappa shape index (κ3) is 0.490. The van der Waals surface area contributed by atoms with E-state index in [0.29, 0.717) is 6.42 Å². The predicted molar refractivity (Wildman–Crippen MR) is 20.2 cm³/mol. The first kappa shape index (κ1) is 3.61. The van der Waals surface area contributed by atoms with E-state index in [-0.39, 0.29) is 5.91 Å². The van der Waals surface area contributed by atoms with Crippen LogP contribution in [0.1, 0.15) is 6.42 Å². The summed E-state index contributed by atoms with van der Waals surface area (Å²) < 4.78 is 0. The second kappa shape index (κ2) is 1.26. The van der Waals surface area contributed by atoms with Crippen LogP contribution in [0.2, 0.25) is 0 Å². The Morgan fingerprint density at radius 1 is 1.83 bits per heavy atom. The molecule has 0 saturated carbocycles. The van der Waals surface area contributed by atoms with Crippen LogP contribution in [0.25, 0.3) is 0 Å². The molecule has 3 heteroatoms. The van der Waals surface area contributed by atoms with E-state index in [2.05, 4.69) is 10.9 Å².